The van der Waals surface area contributed by atoms with E-state index in [2.05, 4.69) is 39.1 Å². The van der Waals surface area contributed by atoms with Crippen LogP contribution >= 0.6 is 25.3 Å². The maximum absolute atomic E-state index is 11.7. The highest BCUT2D eigenvalue weighted by molar-refractivity contribution is 7.81. The van der Waals surface area contributed by atoms with Crippen molar-refractivity contribution in [3.05, 3.63) is 0 Å². The van der Waals surface area contributed by atoms with E-state index in [-0.39, 0.29) is 11.9 Å². The standard InChI is InChI=1S/C23H44O3S2/c1-20(2)14-10-8-6-4-3-5-7-9-11-16-22(24)26-23(25)17-13-12-15-21(28)18-19-27/h20-21,27-28H,3-19H2,1-2H3. The first kappa shape index (κ1) is 27.8. The van der Waals surface area contributed by atoms with Crippen LogP contribution in [0.2, 0.25) is 0 Å². The van der Waals surface area contributed by atoms with Crippen molar-refractivity contribution in [2.75, 3.05) is 5.75 Å². The second kappa shape index (κ2) is 20.1. The van der Waals surface area contributed by atoms with Crippen molar-refractivity contribution >= 4 is 37.2 Å². The summed E-state index contributed by atoms with van der Waals surface area (Å²) < 4.78 is 4.90. The number of carbonyl (C=O) groups is 2. The fourth-order valence-corrected chi connectivity index (χ4v) is 4.06. The quantitative estimate of drug-likeness (QED) is 0.0983. The van der Waals surface area contributed by atoms with Crippen LogP contribution in [0.5, 0.6) is 0 Å². The van der Waals surface area contributed by atoms with Crippen LogP contribution in [0.3, 0.4) is 0 Å². The first-order valence-corrected chi connectivity index (χ1v) is 12.6. The van der Waals surface area contributed by atoms with Crippen molar-refractivity contribution in [1.82, 2.24) is 0 Å². The highest BCUT2D eigenvalue weighted by atomic mass is 32.1. The van der Waals surface area contributed by atoms with E-state index in [0.29, 0.717) is 18.1 Å². The third-order valence-electron chi connectivity index (χ3n) is 5.02. The summed E-state index contributed by atoms with van der Waals surface area (Å²) in [5.74, 6) is 0.920. The van der Waals surface area contributed by atoms with Crippen LogP contribution in [0.15, 0.2) is 0 Å². The summed E-state index contributed by atoms with van der Waals surface area (Å²) >= 11 is 8.65. The van der Waals surface area contributed by atoms with E-state index >= 15 is 0 Å². The molecule has 1 unspecified atom stereocenters. The molecule has 0 aliphatic heterocycles. The molecule has 0 fully saturated rings. The summed E-state index contributed by atoms with van der Waals surface area (Å²) in [6.45, 7) is 4.58. The molecule has 28 heavy (non-hydrogen) atoms. The average Bonchev–Trinajstić information content (AvgIpc) is 2.63. The van der Waals surface area contributed by atoms with Gasteiger partial charge in [-0.1, -0.05) is 78.1 Å². The summed E-state index contributed by atoms with van der Waals surface area (Å²) in [4.78, 5) is 23.4. The number of thiol groups is 2. The summed E-state index contributed by atoms with van der Waals surface area (Å²) in [6.07, 6.45) is 16.7. The molecule has 0 saturated carbocycles. The number of unbranched alkanes of at least 4 members (excludes halogenated alkanes) is 9. The Morgan fingerprint density at radius 1 is 0.679 bits per heavy atom. The molecule has 0 saturated heterocycles. The van der Waals surface area contributed by atoms with Crippen molar-refractivity contribution in [3.63, 3.8) is 0 Å². The fourth-order valence-electron chi connectivity index (χ4n) is 3.23. The van der Waals surface area contributed by atoms with E-state index in [1.54, 1.807) is 0 Å². The van der Waals surface area contributed by atoms with Crippen LogP contribution in [-0.4, -0.2) is 22.9 Å². The smallest absolute Gasteiger partial charge is 0.313 e. The minimum absolute atomic E-state index is 0.324. The number of ether oxygens (including phenoxy) is 1. The lowest BCUT2D eigenvalue weighted by atomic mass is 10.0. The zero-order valence-corrected chi connectivity index (χ0v) is 20.1. The zero-order valence-electron chi connectivity index (χ0n) is 18.3. The van der Waals surface area contributed by atoms with Gasteiger partial charge in [0.15, 0.2) is 0 Å². The predicted molar refractivity (Wildman–Crippen MR) is 126 cm³/mol. The monoisotopic (exact) mass is 432 g/mol. The summed E-state index contributed by atoms with van der Waals surface area (Å²) in [6, 6.07) is 0. The SMILES string of the molecule is CC(C)CCCCCCCCCCCC(=O)OC(=O)CCCCC(S)CCS. The Hall–Kier alpha value is -0.160. The van der Waals surface area contributed by atoms with Crippen molar-refractivity contribution in [1.29, 1.82) is 0 Å². The van der Waals surface area contributed by atoms with Gasteiger partial charge in [0.05, 0.1) is 0 Å². The van der Waals surface area contributed by atoms with Gasteiger partial charge in [-0.25, -0.2) is 0 Å². The molecule has 0 N–H and O–H groups in total. The number of esters is 2. The second-order valence-electron chi connectivity index (χ2n) is 8.37. The van der Waals surface area contributed by atoms with Gasteiger partial charge in [0, 0.05) is 18.1 Å². The molecule has 0 aromatic rings. The van der Waals surface area contributed by atoms with Gasteiger partial charge in [0.2, 0.25) is 0 Å². The van der Waals surface area contributed by atoms with E-state index in [1.807, 2.05) is 0 Å². The summed E-state index contributed by atoms with van der Waals surface area (Å²) in [5.41, 5.74) is 0. The van der Waals surface area contributed by atoms with Crippen LogP contribution in [0.4, 0.5) is 0 Å². The van der Waals surface area contributed by atoms with Crippen molar-refractivity contribution in [2.45, 2.75) is 122 Å². The van der Waals surface area contributed by atoms with E-state index in [4.69, 9.17) is 4.74 Å². The third kappa shape index (κ3) is 20.6. The molecule has 1 atom stereocenters. The highest BCUT2D eigenvalue weighted by Gasteiger charge is 2.10. The molecule has 5 heteroatoms. The maximum atomic E-state index is 11.7. The summed E-state index contributed by atoms with van der Waals surface area (Å²) in [5, 5.41) is 0.347. The first-order valence-electron chi connectivity index (χ1n) is 11.5. The van der Waals surface area contributed by atoms with Gasteiger partial charge in [0.25, 0.3) is 0 Å². The van der Waals surface area contributed by atoms with Gasteiger partial charge in [0.1, 0.15) is 0 Å². The fraction of sp³-hybridized carbons (Fsp3) is 0.913. The van der Waals surface area contributed by atoms with Crippen LogP contribution in [-0.2, 0) is 14.3 Å². The van der Waals surface area contributed by atoms with Crippen LogP contribution in [0.1, 0.15) is 117 Å². The molecule has 0 heterocycles. The molecule has 0 amide bonds. The number of hydrogen-bond acceptors (Lipinski definition) is 5. The lowest BCUT2D eigenvalue weighted by Crippen LogP contribution is -2.12. The molecule has 0 aromatic heterocycles. The minimum Gasteiger partial charge on any atom is -0.393 e. The van der Waals surface area contributed by atoms with Crippen molar-refractivity contribution < 1.29 is 14.3 Å². The molecule has 0 spiro atoms. The summed E-state index contributed by atoms with van der Waals surface area (Å²) in [7, 11) is 0. The molecule has 0 radical (unpaired) electrons. The van der Waals surface area contributed by atoms with Gasteiger partial charge >= 0.3 is 11.9 Å². The van der Waals surface area contributed by atoms with Gasteiger partial charge < -0.3 is 4.74 Å². The zero-order chi connectivity index (χ0) is 21.0. The number of hydrogen-bond donors (Lipinski definition) is 2. The molecule has 0 aromatic carbocycles. The molecule has 166 valence electrons. The number of rotatable bonds is 19. The molecule has 0 aliphatic rings. The normalized spacial score (nSPS) is 12.3. The average molecular weight is 433 g/mol. The third-order valence-corrected chi connectivity index (χ3v) is 5.80. The van der Waals surface area contributed by atoms with E-state index in [1.165, 1.54) is 51.4 Å². The Labute approximate surface area is 185 Å². The van der Waals surface area contributed by atoms with E-state index < -0.39 is 0 Å². The second-order valence-corrected chi connectivity index (χ2v) is 9.55. The Morgan fingerprint density at radius 2 is 1.11 bits per heavy atom. The Bertz CT molecular complexity index is 386. The lowest BCUT2D eigenvalue weighted by Gasteiger charge is -2.08. The van der Waals surface area contributed by atoms with Crippen LogP contribution in [0.25, 0.3) is 0 Å². The van der Waals surface area contributed by atoms with Gasteiger partial charge in [-0.05, 0) is 37.4 Å². The van der Waals surface area contributed by atoms with Crippen molar-refractivity contribution in [2.24, 2.45) is 5.92 Å². The van der Waals surface area contributed by atoms with E-state index in [0.717, 1.165) is 50.2 Å². The highest BCUT2D eigenvalue weighted by Crippen LogP contribution is 2.15. The predicted octanol–water partition coefficient (Wildman–Crippen LogP) is 7.18. The molecule has 3 nitrogen and oxygen atoms in total. The molecular weight excluding hydrogens is 388 g/mol. The lowest BCUT2D eigenvalue weighted by molar-refractivity contribution is -0.159. The van der Waals surface area contributed by atoms with Gasteiger partial charge in [-0.15, -0.1) is 0 Å². The minimum atomic E-state index is -0.382. The molecular formula is C23H44O3S2. The first-order chi connectivity index (χ1) is 13.5. The van der Waals surface area contributed by atoms with E-state index in [9.17, 15) is 9.59 Å². The molecule has 0 rings (SSSR count). The van der Waals surface area contributed by atoms with Gasteiger partial charge in [-0.3, -0.25) is 9.59 Å². The maximum Gasteiger partial charge on any atom is 0.313 e. The van der Waals surface area contributed by atoms with Crippen LogP contribution in [0, 0.1) is 5.92 Å². The molecule has 0 aliphatic carbocycles. The Balaban J connectivity index is 3.39. The van der Waals surface area contributed by atoms with Gasteiger partial charge in [-0.2, -0.15) is 25.3 Å². The Morgan fingerprint density at radius 3 is 1.61 bits per heavy atom. The Kier molecular flexibility index (Phi) is 20.0. The van der Waals surface area contributed by atoms with Crippen molar-refractivity contribution in [3.8, 4) is 0 Å². The topological polar surface area (TPSA) is 43.4 Å². The molecule has 0 bridgehead atoms. The largest absolute Gasteiger partial charge is 0.393 e. The number of carbonyl (C=O) groups excluding carboxylic acids is 2. The van der Waals surface area contributed by atoms with Crippen LogP contribution < -0.4 is 0 Å².